The van der Waals surface area contributed by atoms with Crippen LogP contribution < -0.4 is 0 Å². The summed E-state index contributed by atoms with van der Waals surface area (Å²) < 4.78 is 0. The van der Waals surface area contributed by atoms with Crippen molar-refractivity contribution >= 4 is 11.4 Å². The van der Waals surface area contributed by atoms with E-state index in [9.17, 15) is 0 Å². The first kappa shape index (κ1) is 18.6. The van der Waals surface area contributed by atoms with Crippen LogP contribution in [0, 0.1) is 19.8 Å². The third-order valence-electron chi connectivity index (χ3n) is 3.32. The van der Waals surface area contributed by atoms with Gasteiger partial charge < -0.3 is 0 Å². The molecule has 1 heteroatoms. The van der Waals surface area contributed by atoms with Gasteiger partial charge in [0.2, 0.25) is 0 Å². The highest BCUT2D eigenvalue weighted by Crippen LogP contribution is 2.31. The Morgan fingerprint density at radius 3 is 2.05 bits per heavy atom. The molecule has 20 heavy (non-hydrogen) atoms. The van der Waals surface area contributed by atoms with Crippen LogP contribution in [0.5, 0.6) is 0 Å². The summed E-state index contributed by atoms with van der Waals surface area (Å²) in [4.78, 5) is 4.60. The van der Waals surface area contributed by atoms with Crippen LogP contribution in [0.15, 0.2) is 29.8 Å². The van der Waals surface area contributed by atoms with Crippen molar-refractivity contribution in [3.63, 3.8) is 0 Å². The molecule has 0 aliphatic heterocycles. The minimum absolute atomic E-state index is 0.725. The van der Waals surface area contributed by atoms with E-state index in [0.717, 1.165) is 17.2 Å². The molecule has 2 rings (SSSR count). The topological polar surface area (TPSA) is 12.4 Å². The zero-order valence-corrected chi connectivity index (χ0v) is 14.4. The molecule has 0 radical (unpaired) electrons. The fraction of sp³-hybridized carbons (Fsp3) is 0.526. The highest BCUT2D eigenvalue weighted by Gasteiger charge is 2.24. The Hall–Kier alpha value is -1.37. The molecule has 0 spiro atoms. The summed E-state index contributed by atoms with van der Waals surface area (Å²) in [5.41, 5.74) is 5.90. The maximum atomic E-state index is 4.60. The first-order valence-corrected chi connectivity index (χ1v) is 7.89. The second-order valence-corrected chi connectivity index (χ2v) is 4.77. The van der Waals surface area contributed by atoms with Crippen molar-refractivity contribution in [3.8, 4) is 0 Å². The number of benzene rings is 1. The van der Waals surface area contributed by atoms with Crippen molar-refractivity contribution in [3.05, 3.63) is 41.5 Å². The standard InChI is InChI=1S/C15H19N.2C2H6/c1-10-5-6-15(9-11(10)2)13(4)16-12(3)14-7-8-14;2*1-2/h5-6,9,14H,4,7-8H2,1-3H3;2*1-2H3. The molecule has 0 saturated heterocycles. The number of hydrogen-bond donors (Lipinski definition) is 0. The van der Waals surface area contributed by atoms with Crippen molar-refractivity contribution in [1.82, 2.24) is 0 Å². The fourth-order valence-electron chi connectivity index (χ4n) is 1.79. The first-order valence-electron chi connectivity index (χ1n) is 7.89. The van der Waals surface area contributed by atoms with Crippen molar-refractivity contribution in [2.45, 2.75) is 61.3 Å². The van der Waals surface area contributed by atoms with Gasteiger partial charge in [0.1, 0.15) is 0 Å². The molecular weight excluding hydrogens is 242 g/mol. The van der Waals surface area contributed by atoms with E-state index >= 15 is 0 Å². The predicted octanol–water partition coefficient (Wildman–Crippen LogP) is 6.20. The smallest absolute Gasteiger partial charge is 0.0629 e. The lowest BCUT2D eigenvalue weighted by Gasteiger charge is -2.06. The monoisotopic (exact) mass is 273 g/mol. The zero-order chi connectivity index (χ0) is 15.7. The van der Waals surface area contributed by atoms with Crippen LogP contribution in [0.4, 0.5) is 0 Å². The number of aliphatic imine (C=N–C) groups is 1. The van der Waals surface area contributed by atoms with E-state index in [2.05, 4.69) is 50.5 Å². The van der Waals surface area contributed by atoms with Gasteiger partial charge >= 0.3 is 0 Å². The molecule has 112 valence electrons. The Labute approximate surface area is 125 Å². The van der Waals surface area contributed by atoms with Gasteiger partial charge in [0.25, 0.3) is 0 Å². The van der Waals surface area contributed by atoms with E-state index in [1.807, 2.05) is 27.7 Å². The van der Waals surface area contributed by atoms with Gasteiger partial charge in [0.15, 0.2) is 0 Å². The summed E-state index contributed by atoms with van der Waals surface area (Å²) in [6.45, 7) is 18.4. The van der Waals surface area contributed by atoms with E-state index in [-0.39, 0.29) is 0 Å². The molecule has 0 bridgehead atoms. The normalized spacial score (nSPS) is 13.7. The summed E-state index contributed by atoms with van der Waals surface area (Å²) in [7, 11) is 0. The maximum absolute atomic E-state index is 4.60. The summed E-state index contributed by atoms with van der Waals surface area (Å²) in [6, 6.07) is 6.41. The van der Waals surface area contributed by atoms with Crippen molar-refractivity contribution in [2.24, 2.45) is 10.9 Å². The number of nitrogens with zero attached hydrogens (tertiary/aromatic N) is 1. The second-order valence-electron chi connectivity index (χ2n) is 4.77. The maximum Gasteiger partial charge on any atom is 0.0629 e. The Bertz CT molecular complexity index is 451. The highest BCUT2D eigenvalue weighted by atomic mass is 14.8. The van der Waals surface area contributed by atoms with Gasteiger partial charge in [-0.25, -0.2) is 0 Å². The largest absolute Gasteiger partial charge is 0.258 e. The summed E-state index contributed by atoms with van der Waals surface area (Å²) in [5, 5.41) is 0. The molecule has 0 N–H and O–H groups in total. The van der Waals surface area contributed by atoms with E-state index < -0.39 is 0 Å². The van der Waals surface area contributed by atoms with Gasteiger partial charge in [-0.15, -0.1) is 0 Å². The van der Waals surface area contributed by atoms with Crippen LogP contribution in [0.25, 0.3) is 5.70 Å². The molecule has 0 amide bonds. The molecule has 1 aliphatic carbocycles. The molecule has 0 heterocycles. The van der Waals surface area contributed by atoms with Crippen molar-refractivity contribution in [2.75, 3.05) is 0 Å². The molecule has 1 nitrogen and oxygen atoms in total. The number of aryl methyl sites for hydroxylation is 2. The van der Waals surface area contributed by atoms with Gasteiger partial charge in [-0.1, -0.05) is 46.4 Å². The summed E-state index contributed by atoms with van der Waals surface area (Å²) in [5.74, 6) is 0.725. The van der Waals surface area contributed by atoms with Crippen molar-refractivity contribution < 1.29 is 0 Å². The molecule has 0 aromatic heterocycles. The summed E-state index contributed by atoms with van der Waals surface area (Å²) in [6.07, 6.45) is 2.60. The van der Waals surface area contributed by atoms with Gasteiger partial charge in [-0.05, 0) is 62.3 Å². The predicted molar refractivity (Wildman–Crippen MR) is 93.5 cm³/mol. The Kier molecular flexibility index (Phi) is 8.87. The molecule has 0 atom stereocenters. The molecule has 1 aliphatic rings. The average molecular weight is 273 g/mol. The lowest BCUT2D eigenvalue weighted by Crippen LogP contribution is -1.94. The Morgan fingerprint density at radius 1 is 1.05 bits per heavy atom. The van der Waals surface area contributed by atoms with Crippen LogP contribution in [-0.4, -0.2) is 5.71 Å². The van der Waals surface area contributed by atoms with Gasteiger partial charge in [0, 0.05) is 5.71 Å². The van der Waals surface area contributed by atoms with Crippen LogP contribution in [0.2, 0.25) is 0 Å². The van der Waals surface area contributed by atoms with E-state index in [1.54, 1.807) is 0 Å². The number of hydrogen-bond acceptors (Lipinski definition) is 1. The van der Waals surface area contributed by atoms with Crippen LogP contribution in [0.3, 0.4) is 0 Å². The third kappa shape index (κ3) is 5.73. The lowest BCUT2D eigenvalue weighted by atomic mass is 10.0. The minimum Gasteiger partial charge on any atom is -0.258 e. The van der Waals surface area contributed by atoms with E-state index in [0.29, 0.717) is 0 Å². The molecule has 1 saturated carbocycles. The molecule has 1 aromatic carbocycles. The van der Waals surface area contributed by atoms with Crippen LogP contribution in [0.1, 0.15) is 64.2 Å². The van der Waals surface area contributed by atoms with Gasteiger partial charge in [-0.3, -0.25) is 4.99 Å². The zero-order valence-electron chi connectivity index (χ0n) is 14.4. The van der Waals surface area contributed by atoms with E-state index in [4.69, 9.17) is 0 Å². The number of rotatable bonds is 3. The SMILES string of the molecule is C=C(N=C(C)C1CC1)c1ccc(C)c(C)c1.CC.CC. The second kappa shape index (κ2) is 9.52. The van der Waals surface area contributed by atoms with Crippen LogP contribution in [-0.2, 0) is 0 Å². The fourth-order valence-corrected chi connectivity index (χ4v) is 1.79. The van der Waals surface area contributed by atoms with Crippen molar-refractivity contribution in [1.29, 1.82) is 0 Å². The molecule has 1 aromatic rings. The van der Waals surface area contributed by atoms with Crippen LogP contribution >= 0.6 is 0 Å². The highest BCUT2D eigenvalue weighted by molar-refractivity contribution is 5.91. The van der Waals surface area contributed by atoms with E-state index in [1.165, 1.54) is 29.7 Å². The molecule has 1 fully saturated rings. The first-order chi connectivity index (χ1) is 9.58. The average Bonchev–Trinajstić information content (AvgIpc) is 3.30. The quantitative estimate of drug-likeness (QED) is 0.582. The third-order valence-corrected chi connectivity index (χ3v) is 3.32. The Balaban J connectivity index is 0.000000829. The van der Waals surface area contributed by atoms with Gasteiger partial charge in [0.05, 0.1) is 5.70 Å². The summed E-state index contributed by atoms with van der Waals surface area (Å²) >= 11 is 0. The molecular formula is C19H31N. The minimum atomic E-state index is 0.725. The Morgan fingerprint density at radius 2 is 1.60 bits per heavy atom. The lowest BCUT2D eigenvalue weighted by molar-refractivity contribution is 1.17. The van der Waals surface area contributed by atoms with Gasteiger partial charge in [-0.2, -0.15) is 0 Å². The molecule has 0 unspecified atom stereocenters.